The molecule has 2 unspecified atom stereocenters. The normalized spacial score (nSPS) is 16.2. The van der Waals surface area contributed by atoms with Gasteiger partial charge in [-0.25, -0.2) is 0 Å². The Hall–Kier alpha value is -1.06. The maximum atomic E-state index is 9.41. The number of benzene rings is 1. The Bertz CT molecular complexity index is 315. The van der Waals surface area contributed by atoms with Crippen molar-refractivity contribution in [2.75, 3.05) is 13.2 Å². The molecule has 1 rings (SSSR count). The van der Waals surface area contributed by atoms with E-state index in [9.17, 15) is 5.11 Å². The first-order chi connectivity index (χ1) is 8.09. The summed E-state index contributed by atoms with van der Waals surface area (Å²) >= 11 is 0. The van der Waals surface area contributed by atoms with Gasteiger partial charge >= 0.3 is 0 Å². The third-order valence-corrected chi connectivity index (χ3v) is 2.77. The van der Waals surface area contributed by atoms with Crippen LogP contribution in [0.4, 0.5) is 0 Å². The molecule has 0 bridgehead atoms. The molecule has 0 aliphatic heterocycles. The molecule has 0 saturated heterocycles. The third kappa shape index (κ3) is 4.75. The molecule has 0 aromatic heterocycles. The molecule has 3 heteroatoms. The van der Waals surface area contributed by atoms with E-state index in [1.54, 1.807) is 0 Å². The summed E-state index contributed by atoms with van der Waals surface area (Å²) in [4.78, 5) is 0. The van der Waals surface area contributed by atoms with Crippen LogP contribution in [0.25, 0.3) is 0 Å². The topological polar surface area (TPSA) is 41.5 Å². The lowest BCUT2D eigenvalue weighted by atomic mass is 9.95. The smallest absolute Gasteiger partial charge is 0.119 e. The fourth-order valence-corrected chi connectivity index (χ4v) is 2.03. The van der Waals surface area contributed by atoms with Gasteiger partial charge in [0.05, 0.1) is 12.7 Å². The van der Waals surface area contributed by atoms with Crippen molar-refractivity contribution in [2.45, 2.75) is 38.8 Å². The Kier molecular flexibility index (Phi) is 5.45. The van der Waals surface area contributed by atoms with E-state index >= 15 is 0 Å². The van der Waals surface area contributed by atoms with Crippen molar-refractivity contribution < 1.29 is 9.84 Å². The number of likely N-dealkylation sites (N-methyl/N-ethyl adjacent to an activating group) is 1. The van der Waals surface area contributed by atoms with Gasteiger partial charge in [0.1, 0.15) is 5.75 Å². The van der Waals surface area contributed by atoms with E-state index in [4.69, 9.17) is 4.74 Å². The zero-order valence-electron chi connectivity index (χ0n) is 10.9. The molecular weight excluding hydrogens is 214 g/mol. The van der Waals surface area contributed by atoms with Gasteiger partial charge in [-0.1, -0.05) is 25.1 Å². The van der Waals surface area contributed by atoms with Crippen LogP contribution in [-0.2, 0) is 0 Å². The molecule has 17 heavy (non-hydrogen) atoms. The number of nitrogens with one attached hydrogen (secondary N) is 1. The quantitative estimate of drug-likeness (QED) is 0.764. The standard InChI is InChI=1S/C14H23NO2/c1-4-15-14(3,11-16)10-12(2)17-13-8-6-5-7-9-13/h5-9,12,15-16H,4,10-11H2,1-3H3. The molecule has 0 aliphatic rings. The Labute approximate surface area is 104 Å². The lowest BCUT2D eigenvalue weighted by Crippen LogP contribution is -2.48. The maximum absolute atomic E-state index is 9.41. The summed E-state index contributed by atoms with van der Waals surface area (Å²) < 4.78 is 5.81. The van der Waals surface area contributed by atoms with Crippen molar-refractivity contribution in [3.05, 3.63) is 30.3 Å². The van der Waals surface area contributed by atoms with Crippen molar-refractivity contribution in [3.63, 3.8) is 0 Å². The van der Waals surface area contributed by atoms with Gasteiger partial charge in [0.15, 0.2) is 0 Å². The highest BCUT2D eigenvalue weighted by molar-refractivity contribution is 5.21. The predicted octanol–water partition coefficient (Wildman–Crippen LogP) is 2.20. The highest BCUT2D eigenvalue weighted by atomic mass is 16.5. The minimum atomic E-state index is -0.275. The average Bonchev–Trinajstić information content (AvgIpc) is 2.30. The number of aliphatic hydroxyl groups is 1. The first kappa shape index (κ1) is 14.0. The monoisotopic (exact) mass is 237 g/mol. The van der Waals surface area contributed by atoms with Gasteiger partial charge in [-0.3, -0.25) is 0 Å². The van der Waals surface area contributed by atoms with E-state index in [1.807, 2.05) is 51.1 Å². The number of hydrogen-bond donors (Lipinski definition) is 2. The van der Waals surface area contributed by atoms with Crippen molar-refractivity contribution in [1.82, 2.24) is 5.32 Å². The van der Waals surface area contributed by atoms with Crippen LogP contribution >= 0.6 is 0 Å². The molecule has 0 amide bonds. The molecule has 2 atom stereocenters. The molecule has 0 radical (unpaired) electrons. The highest BCUT2D eigenvalue weighted by Crippen LogP contribution is 2.17. The van der Waals surface area contributed by atoms with E-state index in [2.05, 4.69) is 5.32 Å². The van der Waals surface area contributed by atoms with Gasteiger partial charge in [0.25, 0.3) is 0 Å². The number of rotatable bonds is 7. The fourth-order valence-electron chi connectivity index (χ4n) is 2.03. The number of aliphatic hydroxyl groups excluding tert-OH is 1. The van der Waals surface area contributed by atoms with Crippen molar-refractivity contribution >= 4 is 0 Å². The van der Waals surface area contributed by atoms with Crippen LogP contribution in [-0.4, -0.2) is 29.9 Å². The second kappa shape index (κ2) is 6.62. The van der Waals surface area contributed by atoms with Crippen LogP contribution in [0.15, 0.2) is 30.3 Å². The molecule has 3 nitrogen and oxygen atoms in total. The van der Waals surface area contributed by atoms with Crippen LogP contribution < -0.4 is 10.1 Å². The second-order valence-electron chi connectivity index (χ2n) is 4.69. The van der Waals surface area contributed by atoms with E-state index in [-0.39, 0.29) is 18.2 Å². The summed E-state index contributed by atoms with van der Waals surface area (Å²) in [7, 11) is 0. The summed E-state index contributed by atoms with van der Waals surface area (Å²) in [6, 6.07) is 9.77. The first-order valence-electron chi connectivity index (χ1n) is 6.17. The largest absolute Gasteiger partial charge is 0.491 e. The Balaban J connectivity index is 2.51. The first-order valence-corrected chi connectivity index (χ1v) is 6.17. The minimum Gasteiger partial charge on any atom is -0.491 e. The molecule has 96 valence electrons. The van der Waals surface area contributed by atoms with Gasteiger partial charge in [-0.05, 0) is 32.5 Å². The second-order valence-corrected chi connectivity index (χ2v) is 4.69. The third-order valence-electron chi connectivity index (χ3n) is 2.77. The van der Waals surface area contributed by atoms with Gasteiger partial charge in [0.2, 0.25) is 0 Å². The van der Waals surface area contributed by atoms with Gasteiger partial charge in [0, 0.05) is 12.0 Å². The van der Waals surface area contributed by atoms with E-state index in [0.29, 0.717) is 0 Å². The maximum Gasteiger partial charge on any atom is 0.119 e. The Morgan fingerprint density at radius 1 is 1.35 bits per heavy atom. The van der Waals surface area contributed by atoms with E-state index in [0.717, 1.165) is 18.7 Å². The lowest BCUT2D eigenvalue weighted by Gasteiger charge is -2.31. The average molecular weight is 237 g/mol. The van der Waals surface area contributed by atoms with Crippen LogP contribution in [0.2, 0.25) is 0 Å². The number of ether oxygens (including phenoxy) is 1. The molecule has 2 N–H and O–H groups in total. The summed E-state index contributed by atoms with van der Waals surface area (Å²) in [5.41, 5.74) is -0.275. The zero-order chi connectivity index (χ0) is 12.7. The minimum absolute atomic E-state index is 0.0635. The lowest BCUT2D eigenvalue weighted by molar-refractivity contribution is 0.111. The number of para-hydroxylation sites is 1. The van der Waals surface area contributed by atoms with Crippen LogP contribution in [0, 0.1) is 0 Å². The summed E-state index contributed by atoms with van der Waals surface area (Å²) in [5, 5.41) is 12.7. The summed E-state index contributed by atoms with van der Waals surface area (Å²) in [6.07, 6.45) is 0.834. The van der Waals surface area contributed by atoms with Crippen LogP contribution in [0.3, 0.4) is 0 Å². The number of hydrogen-bond acceptors (Lipinski definition) is 3. The van der Waals surface area contributed by atoms with Gasteiger partial charge < -0.3 is 15.2 Å². The molecule has 0 spiro atoms. The SMILES string of the molecule is CCNC(C)(CO)CC(C)Oc1ccccc1. The Morgan fingerprint density at radius 2 is 2.00 bits per heavy atom. The molecule has 1 aromatic carbocycles. The fraction of sp³-hybridized carbons (Fsp3) is 0.571. The predicted molar refractivity (Wildman–Crippen MR) is 70.3 cm³/mol. The van der Waals surface area contributed by atoms with E-state index in [1.165, 1.54) is 0 Å². The van der Waals surface area contributed by atoms with Crippen molar-refractivity contribution in [1.29, 1.82) is 0 Å². The zero-order valence-corrected chi connectivity index (χ0v) is 10.9. The molecular formula is C14H23NO2. The molecule has 0 heterocycles. The van der Waals surface area contributed by atoms with Crippen LogP contribution in [0.1, 0.15) is 27.2 Å². The van der Waals surface area contributed by atoms with E-state index < -0.39 is 0 Å². The highest BCUT2D eigenvalue weighted by Gasteiger charge is 2.25. The summed E-state index contributed by atoms with van der Waals surface area (Å²) in [6.45, 7) is 7.04. The molecule has 0 saturated carbocycles. The molecule has 1 aromatic rings. The van der Waals surface area contributed by atoms with Crippen LogP contribution in [0.5, 0.6) is 5.75 Å². The molecule has 0 fully saturated rings. The van der Waals surface area contributed by atoms with Gasteiger partial charge in [-0.15, -0.1) is 0 Å². The van der Waals surface area contributed by atoms with Crippen molar-refractivity contribution in [3.8, 4) is 5.75 Å². The van der Waals surface area contributed by atoms with Crippen molar-refractivity contribution in [2.24, 2.45) is 0 Å². The summed E-state index contributed by atoms with van der Waals surface area (Å²) in [5.74, 6) is 0.872. The van der Waals surface area contributed by atoms with Gasteiger partial charge in [-0.2, -0.15) is 0 Å². The Morgan fingerprint density at radius 3 is 2.53 bits per heavy atom. The molecule has 0 aliphatic carbocycles.